The Hall–Kier alpha value is -2.31. The van der Waals surface area contributed by atoms with Gasteiger partial charge in [0, 0.05) is 18.3 Å². The number of halogens is 3. The second-order valence-corrected chi connectivity index (χ2v) is 5.34. The first-order valence-corrected chi connectivity index (χ1v) is 6.87. The third-order valence-corrected chi connectivity index (χ3v) is 2.82. The number of hydrogen-bond donors (Lipinski definition) is 2. The van der Waals surface area contributed by atoms with E-state index in [0.29, 0.717) is 29.9 Å². The van der Waals surface area contributed by atoms with Crippen molar-refractivity contribution in [1.82, 2.24) is 9.97 Å². The van der Waals surface area contributed by atoms with Crippen molar-refractivity contribution in [3.8, 4) is 0 Å². The van der Waals surface area contributed by atoms with Gasteiger partial charge in [0.2, 0.25) is 5.95 Å². The lowest BCUT2D eigenvalue weighted by atomic mass is 10.2. The Morgan fingerprint density at radius 2 is 1.82 bits per heavy atom. The minimum absolute atomic E-state index is 0.188. The van der Waals surface area contributed by atoms with E-state index in [0.717, 1.165) is 12.1 Å². The largest absolute Gasteiger partial charge is 0.354 e. The molecule has 0 spiro atoms. The molecule has 0 aliphatic rings. The molecule has 1 heterocycles. The number of aryl methyl sites for hydroxylation is 1. The van der Waals surface area contributed by atoms with Crippen LogP contribution in [0.25, 0.3) is 0 Å². The van der Waals surface area contributed by atoms with Gasteiger partial charge >= 0.3 is 0 Å². The first-order chi connectivity index (χ1) is 10.4. The molecule has 1 aromatic heterocycles. The fourth-order valence-corrected chi connectivity index (χ4v) is 1.77. The normalized spacial score (nSPS) is 10.9. The molecular weight excluding hydrogens is 293 g/mol. The zero-order chi connectivity index (χ0) is 16.3. The van der Waals surface area contributed by atoms with E-state index in [1.54, 1.807) is 13.0 Å². The van der Waals surface area contributed by atoms with Crippen LogP contribution in [0.5, 0.6) is 0 Å². The summed E-state index contributed by atoms with van der Waals surface area (Å²) in [5, 5.41) is 5.69. The first-order valence-electron chi connectivity index (χ1n) is 6.87. The van der Waals surface area contributed by atoms with E-state index in [2.05, 4.69) is 20.6 Å². The Bertz CT molecular complexity index is 674. The van der Waals surface area contributed by atoms with Crippen molar-refractivity contribution in [2.24, 2.45) is 5.92 Å². The molecule has 7 heteroatoms. The molecule has 2 aromatic rings. The van der Waals surface area contributed by atoms with E-state index in [1.165, 1.54) is 0 Å². The first kappa shape index (κ1) is 16.1. The van der Waals surface area contributed by atoms with E-state index in [4.69, 9.17) is 0 Å². The van der Waals surface area contributed by atoms with Gasteiger partial charge in [-0.1, -0.05) is 13.8 Å². The van der Waals surface area contributed by atoms with E-state index in [9.17, 15) is 13.2 Å². The zero-order valence-corrected chi connectivity index (χ0v) is 12.5. The number of nitrogens with one attached hydrogen (secondary N) is 2. The van der Waals surface area contributed by atoms with Gasteiger partial charge in [0.05, 0.1) is 5.69 Å². The quantitative estimate of drug-likeness (QED) is 0.819. The van der Waals surface area contributed by atoms with Gasteiger partial charge in [0.25, 0.3) is 0 Å². The highest BCUT2D eigenvalue weighted by Gasteiger charge is 2.14. The highest BCUT2D eigenvalue weighted by Crippen LogP contribution is 2.23. The Labute approximate surface area is 126 Å². The average molecular weight is 310 g/mol. The maximum absolute atomic E-state index is 13.7. The molecule has 0 aliphatic carbocycles. The maximum atomic E-state index is 13.7. The number of benzene rings is 1. The average Bonchev–Trinajstić information content (AvgIpc) is 2.45. The Balaban J connectivity index is 2.24. The van der Waals surface area contributed by atoms with Gasteiger partial charge in [-0.25, -0.2) is 18.2 Å². The predicted molar refractivity (Wildman–Crippen MR) is 79.7 cm³/mol. The Morgan fingerprint density at radius 3 is 2.50 bits per heavy atom. The van der Waals surface area contributed by atoms with Gasteiger partial charge in [0.1, 0.15) is 5.82 Å². The summed E-state index contributed by atoms with van der Waals surface area (Å²) in [7, 11) is 0. The lowest BCUT2D eigenvalue weighted by Gasteiger charge is -2.12. The van der Waals surface area contributed by atoms with Crippen molar-refractivity contribution in [2.75, 3.05) is 17.2 Å². The smallest absolute Gasteiger partial charge is 0.224 e. The Morgan fingerprint density at radius 1 is 1.09 bits per heavy atom. The van der Waals surface area contributed by atoms with E-state index in [-0.39, 0.29) is 5.69 Å². The summed E-state index contributed by atoms with van der Waals surface area (Å²) in [6.45, 7) is 6.52. The molecule has 0 amide bonds. The summed E-state index contributed by atoms with van der Waals surface area (Å²) in [6, 6.07) is 3.56. The summed E-state index contributed by atoms with van der Waals surface area (Å²) >= 11 is 0. The highest BCUT2D eigenvalue weighted by atomic mass is 19.2. The molecule has 4 nitrogen and oxygen atoms in total. The molecule has 0 radical (unpaired) electrons. The van der Waals surface area contributed by atoms with Crippen LogP contribution >= 0.6 is 0 Å². The minimum atomic E-state index is -1.52. The van der Waals surface area contributed by atoms with E-state index >= 15 is 0 Å². The van der Waals surface area contributed by atoms with Crippen molar-refractivity contribution in [3.05, 3.63) is 41.3 Å². The summed E-state index contributed by atoms with van der Waals surface area (Å²) in [4.78, 5) is 8.39. The lowest BCUT2D eigenvalue weighted by Crippen LogP contribution is -2.12. The van der Waals surface area contributed by atoms with Crippen LogP contribution in [0.15, 0.2) is 18.2 Å². The SMILES string of the molecule is Cc1cc(Nc2ccc(F)c(F)c2F)nc(NCC(C)C)n1. The monoisotopic (exact) mass is 310 g/mol. The standard InChI is InChI=1S/C15H17F3N4/c1-8(2)7-19-15-20-9(3)6-12(22-15)21-11-5-4-10(16)13(17)14(11)18/h4-6,8H,7H2,1-3H3,(H2,19,20,21,22). The number of aromatic nitrogens is 2. The lowest BCUT2D eigenvalue weighted by molar-refractivity contribution is 0.449. The van der Waals surface area contributed by atoms with Crippen molar-refractivity contribution < 1.29 is 13.2 Å². The summed E-state index contributed by atoms with van der Waals surface area (Å²) in [5.41, 5.74) is 0.471. The molecular formula is C15H17F3N4. The van der Waals surface area contributed by atoms with Gasteiger partial charge in [-0.15, -0.1) is 0 Å². The van der Waals surface area contributed by atoms with Gasteiger partial charge < -0.3 is 10.6 Å². The van der Waals surface area contributed by atoms with Crippen LogP contribution in [0.2, 0.25) is 0 Å². The van der Waals surface area contributed by atoms with E-state index < -0.39 is 17.5 Å². The van der Waals surface area contributed by atoms with Crippen LogP contribution in [-0.4, -0.2) is 16.5 Å². The Kier molecular flexibility index (Phi) is 4.85. The van der Waals surface area contributed by atoms with Crippen LogP contribution < -0.4 is 10.6 Å². The van der Waals surface area contributed by atoms with Gasteiger partial charge in [-0.3, -0.25) is 0 Å². The van der Waals surface area contributed by atoms with Crippen molar-refractivity contribution in [1.29, 1.82) is 0 Å². The summed E-state index contributed by atoms with van der Waals surface area (Å²) < 4.78 is 39.8. The van der Waals surface area contributed by atoms with Crippen LogP contribution in [0.1, 0.15) is 19.5 Å². The van der Waals surface area contributed by atoms with Crippen molar-refractivity contribution in [2.45, 2.75) is 20.8 Å². The number of hydrogen-bond acceptors (Lipinski definition) is 4. The second kappa shape index (κ2) is 6.64. The molecule has 0 fully saturated rings. The summed E-state index contributed by atoms with van der Waals surface area (Å²) in [5.74, 6) is -2.95. The number of rotatable bonds is 5. The molecule has 0 aliphatic heterocycles. The van der Waals surface area contributed by atoms with Gasteiger partial charge in [-0.05, 0) is 25.0 Å². The van der Waals surface area contributed by atoms with Crippen molar-refractivity contribution >= 4 is 17.5 Å². The second-order valence-electron chi connectivity index (χ2n) is 5.34. The molecule has 2 rings (SSSR count). The highest BCUT2D eigenvalue weighted by molar-refractivity contribution is 5.58. The van der Waals surface area contributed by atoms with Crippen LogP contribution in [0.3, 0.4) is 0 Å². The number of anilines is 3. The number of nitrogens with zero attached hydrogens (tertiary/aromatic N) is 2. The molecule has 2 N–H and O–H groups in total. The van der Waals surface area contributed by atoms with Crippen LogP contribution in [0, 0.1) is 30.3 Å². The zero-order valence-electron chi connectivity index (χ0n) is 12.5. The predicted octanol–water partition coefficient (Wildman–Crippen LogP) is 4.01. The molecule has 118 valence electrons. The molecule has 0 bridgehead atoms. The van der Waals surface area contributed by atoms with E-state index in [1.807, 2.05) is 13.8 Å². The minimum Gasteiger partial charge on any atom is -0.354 e. The molecule has 0 unspecified atom stereocenters. The fourth-order valence-electron chi connectivity index (χ4n) is 1.77. The molecule has 0 atom stereocenters. The van der Waals surface area contributed by atoms with Crippen molar-refractivity contribution in [3.63, 3.8) is 0 Å². The van der Waals surface area contributed by atoms with Crippen LogP contribution in [-0.2, 0) is 0 Å². The third-order valence-electron chi connectivity index (χ3n) is 2.82. The molecule has 1 aromatic carbocycles. The topological polar surface area (TPSA) is 49.8 Å². The fraction of sp³-hybridized carbons (Fsp3) is 0.333. The summed E-state index contributed by atoms with van der Waals surface area (Å²) in [6.07, 6.45) is 0. The molecule has 22 heavy (non-hydrogen) atoms. The maximum Gasteiger partial charge on any atom is 0.224 e. The van der Waals surface area contributed by atoms with Crippen LogP contribution in [0.4, 0.5) is 30.6 Å². The molecule has 0 saturated heterocycles. The molecule has 0 saturated carbocycles. The van der Waals surface area contributed by atoms with Gasteiger partial charge in [-0.2, -0.15) is 4.98 Å². The third kappa shape index (κ3) is 3.87. The van der Waals surface area contributed by atoms with Gasteiger partial charge in [0.15, 0.2) is 17.5 Å².